The number of hydrogen-bond acceptors (Lipinski definition) is 3. The number of hydrogen-bond donors (Lipinski definition) is 0. The van der Waals surface area contributed by atoms with Crippen molar-refractivity contribution in [3.63, 3.8) is 0 Å². The Labute approximate surface area is 139 Å². The number of aryl methyl sites for hydroxylation is 1. The predicted molar refractivity (Wildman–Crippen MR) is 89.4 cm³/mol. The van der Waals surface area contributed by atoms with Crippen molar-refractivity contribution in [2.45, 2.75) is 38.4 Å². The second kappa shape index (κ2) is 6.69. The minimum absolute atomic E-state index is 0.0754. The molecule has 1 aromatic carbocycles. The molecule has 1 saturated heterocycles. The largest absolute Gasteiger partial charge is 0.336 e. The van der Waals surface area contributed by atoms with Crippen molar-refractivity contribution in [1.82, 2.24) is 0 Å². The Balaban J connectivity index is 1.97. The van der Waals surface area contributed by atoms with Crippen molar-refractivity contribution >= 4 is 27.5 Å². The Bertz CT molecular complexity index is 555. The van der Waals surface area contributed by atoms with E-state index in [1.54, 1.807) is 0 Å². The van der Waals surface area contributed by atoms with Crippen molar-refractivity contribution in [3.05, 3.63) is 29.3 Å². The van der Waals surface area contributed by atoms with Gasteiger partial charge in [-0.05, 0) is 37.0 Å². The summed E-state index contributed by atoms with van der Waals surface area (Å²) >= 11 is 3.43. The summed E-state index contributed by atoms with van der Waals surface area (Å²) in [6.07, 6.45) is 4.23. The summed E-state index contributed by atoms with van der Waals surface area (Å²) < 4.78 is 11.6. The minimum Gasteiger partial charge on any atom is -0.336 e. The topological polar surface area (TPSA) is 38.8 Å². The van der Waals surface area contributed by atoms with Crippen LogP contribution in [0.15, 0.2) is 18.2 Å². The summed E-state index contributed by atoms with van der Waals surface area (Å²) in [5.74, 6) is -1.27. The molecule has 2 aliphatic heterocycles. The van der Waals surface area contributed by atoms with Crippen LogP contribution in [0.25, 0.3) is 0 Å². The van der Waals surface area contributed by atoms with Crippen molar-refractivity contribution in [2.75, 3.05) is 30.0 Å². The number of carbonyl (C=O) groups excluding carboxylic acids is 1. The first kappa shape index (κ1) is 16.0. The summed E-state index contributed by atoms with van der Waals surface area (Å²) in [4.78, 5) is 14.7. The lowest BCUT2D eigenvalue weighted by molar-refractivity contribution is -0.180. The van der Waals surface area contributed by atoms with E-state index in [2.05, 4.69) is 35.0 Å². The Morgan fingerprint density at radius 1 is 1.27 bits per heavy atom. The third-order valence-corrected chi connectivity index (χ3v) is 4.82. The van der Waals surface area contributed by atoms with E-state index in [0.717, 1.165) is 42.3 Å². The van der Waals surface area contributed by atoms with E-state index in [0.29, 0.717) is 19.8 Å². The lowest BCUT2D eigenvalue weighted by atomic mass is 10.0. The number of alkyl halides is 1. The molecule has 0 N–H and O–H groups in total. The molecule has 2 aliphatic rings. The van der Waals surface area contributed by atoms with Crippen LogP contribution in [-0.2, 0) is 26.5 Å². The third kappa shape index (κ3) is 2.59. The molecule has 1 aromatic rings. The smallest absolute Gasteiger partial charge is 0.292 e. The van der Waals surface area contributed by atoms with Crippen LogP contribution in [0, 0.1) is 0 Å². The number of carbonyl (C=O) groups is 1. The van der Waals surface area contributed by atoms with Gasteiger partial charge in [-0.25, -0.2) is 0 Å². The second-order valence-corrected chi connectivity index (χ2v) is 6.56. The number of benzene rings is 1. The summed E-state index contributed by atoms with van der Waals surface area (Å²) in [5, 5.41) is 0.870. The molecule has 0 atom stereocenters. The lowest BCUT2D eigenvalue weighted by Gasteiger charge is -2.22. The molecule has 120 valence electrons. The normalized spacial score (nSPS) is 19.2. The molecule has 1 fully saturated rings. The van der Waals surface area contributed by atoms with Crippen LogP contribution in [0.5, 0.6) is 0 Å². The molecule has 3 rings (SSSR count). The summed E-state index contributed by atoms with van der Waals surface area (Å²) in [5.41, 5.74) is 3.07. The zero-order valence-corrected chi connectivity index (χ0v) is 14.5. The van der Waals surface area contributed by atoms with E-state index in [1.807, 2.05) is 11.0 Å². The summed E-state index contributed by atoms with van der Waals surface area (Å²) in [7, 11) is 0. The van der Waals surface area contributed by atoms with Gasteiger partial charge < -0.3 is 14.4 Å². The molecule has 0 unspecified atom stereocenters. The van der Waals surface area contributed by atoms with Gasteiger partial charge in [0.15, 0.2) is 0 Å². The fourth-order valence-electron chi connectivity index (χ4n) is 3.15. The molecule has 0 aromatic heterocycles. The number of nitrogens with zero attached hydrogens (tertiary/aromatic N) is 1. The van der Waals surface area contributed by atoms with E-state index >= 15 is 0 Å². The molecule has 1 spiro atoms. The zero-order valence-electron chi connectivity index (χ0n) is 12.9. The van der Waals surface area contributed by atoms with Crippen molar-refractivity contribution in [3.8, 4) is 0 Å². The van der Waals surface area contributed by atoms with Crippen LogP contribution in [0.1, 0.15) is 37.3 Å². The fourth-order valence-corrected chi connectivity index (χ4v) is 3.40. The van der Waals surface area contributed by atoms with Gasteiger partial charge in [-0.15, -0.1) is 0 Å². The molecule has 22 heavy (non-hydrogen) atoms. The molecule has 5 heteroatoms. The zero-order chi connectivity index (χ0) is 15.6. The number of halogens is 1. The molecule has 0 saturated carbocycles. The van der Waals surface area contributed by atoms with Gasteiger partial charge >= 0.3 is 0 Å². The molecule has 0 bridgehead atoms. The van der Waals surface area contributed by atoms with Gasteiger partial charge in [0, 0.05) is 17.4 Å². The van der Waals surface area contributed by atoms with Crippen molar-refractivity contribution in [2.24, 2.45) is 0 Å². The van der Waals surface area contributed by atoms with Gasteiger partial charge in [0.05, 0.1) is 18.9 Å². The lowest BCUT2D eigenvalue weighted by Crippen LogP contribution is -2.41. The molecule has 2 heterocycles. The average molecular weight is 368 g/mol. The molecule has 4 nitrogen and oxygen atoms in total. The van der Waals surface area contributed by atoms with Crippen LogP contribution >= 0.6 is 15.9 Å². The van der Waals surface area contributed by atoms with Crippen LogP contribution in [0.3, 0.4) is 0 Å². The van der Waals surface area contributed by atoms with Gasteiger partial charge in [-0.1, -0.05) is 35.3 Å². The number of ether oxygens (including phenoxy) is 2. The van der Waals surface area contributed by atoms with Gasteiger partial charge in [-0.3, -0.25) is 4.79 Å². The number of anilines is 1. The maximum absolute atomic E-state index is 12.9. The van der Waals surface area contributed by atoms with E-state index in [4.69, 9.17) is 9.47 Å². The standard InChI is InChI=1S/C17H22BrNO3/c1-2-3-5-13-6-7-15-14(12-13)17(21-10-11-22-17)16(20)19(15)9-4-8-18/h6-7,12H,2-5,8-11H2,1H3. The first-order valence-corrected chi connectivity index (χ1v) is 9.14. The number of fused-ring (bicyclic) bond motifs is 2. The Morgan fingerprint density at radius 3 is 2.73 bits per heavy atom. The fraction of sp³-hybridized carbons (Fsp3) is 0.588. The maximum atomic E-state index is 12.9. The van der Waals surface area contributed by atoms with Crippen molar-refractivity contribution < 1.29 is 14.3 Å². The van der Waals surface area contributed by atoms with Crippen LogP contribution in [0.4, 0.5) is 5.69 Å². The minimum atomic E-state index is -1.19. The van der Waals surface area contributed by atoms with E-state index in [1.165, 1.54) is 5.56 Å². The summed E-state index contributed by atoms with van der Waals surface area (Å²) in [6.45, 7) is 3.80. The Kier molecular flexibility index (Phi) is 4.85. The SMILES string of the molecule is CCCCc1ccc2c(c1)C1(OCCO1)C(=O)N2CCCBr. The van der Waals surface area contributed by atoms with Gasteiger partial charge in [0.2, 0.25) is 0 Å². The van der Waals surface area contributed by atoms with Crippen LogP contribution < -0.4 is 4.90 Å². The molecule has 0 radical (unpaired) electrons. The molecular formula is C17H22BrNO3. The third-order valence-electron chi connectivity index (χ3n) is 4.26. The highest BCUT2D eigenvalue weighted by atomic mass is 79.9. The van der Waals surface area contributed by atoms with Gasteiger partial charge in [-0.2, -0.15) is 0 Å². The maximum Gasteiger partial charge on any atom is 0.292 e. The quantitative estimate of drug-likeness (QED) is 0.723. The van der Waals surface area contributed by atoms with E-state index < -0.39 is 5.79 Å². The second-order valence-electron chi connectivity index (χ2n) is 5.77. The first-order valence-electron chi connectivity index (χ1n) is 8.02. The average Bonchev–Trinajstić information content (AvgIpc) is 3.11. The van der Waals surface area contributed by atoms with E-state index in [-0.39, 0.29) is 5.91 Å². The monoisotopic (exact) mass is 367 g/mol. The highest BCUT2D eigenvalue weighted by Gasteiger charge is 2.55. The number of rotatable bonds is 6. The first-order chi connectivity index (χ1) is 10.7. The summed E-state index contributed by atoms with van der Waals surface area (Å²) in [6, 6.07) is 6.27. The van der Waals surface area contributed by atoms with Crippen LogP contribution in [-0.4, -0.2) is 31.0 Å². The Hall–Kier alpha value is -0.910. The van der Waals surface area contributed by atoms with Crippen molar-refractivity contribution in [1.29, 1.82) is 0 Å². The number of amides is 1. The molecular weight excluding hydrogens is 346 g/mol. The Morgan fingerprint density at radius 2 is 2.05 bits per heavy atom. The van der Waals surface area contributed by atoms with E-state index in [9.17, 15) is 4.79 Å². The van der Waals surface area contributed by atoms with Crippen LogP contribution in [0.2, 0.25) is 0 Å². The highest BCUT2D eigenvalue weighted by Crippen LogP contribution is 2.46. The predicted octanol–water partition coefficient (Wildman–Crippen LogP) is 3.36. The van der Waals surface area contributed by atoms with Gasteiger partial charge in [0.25, 0.3) is 11.7 Å². The highest BCUT2D eigenvalue weighted by molar-refractivity contribution is 9.09. The molecule has 0 aliphatic carbocycles. The number of unbranched alkanes of at least 4 members (excludes halogenated alkanes) is 1. The van der Waals surface area contributed by atoms with Gasteiger partial charge in [0.1, 0.15) is 0 Å². The molecule has 1 amide bonds.